The molecule has 0 aliphatic rings. The predicted octanol–water partition coefficient (Wildman–Crippen LogP) is 4.78. The first-order valence-electron chi connectivity index (χ1n) is 7.31. The summed E-state index contributed by atoms with van der Waals surface area (Å²) in [5, 5.41) is 0. The lowest BCUT2D eigenvalue weighted by atomic mass is 10.1. The molecule has 0 aromatic carbocycles. The summed E-state index contributed by atoms with van der Waals surface area (Å²) in [5.41, 5.74) is 2.21. The zero-order chi connectivity index (χ0) is 14.4. The van der Waals surface area contributed by atoms with Crippen molar-refractivity contribution in [1.82, 2.24) is 4.98 Å². The minimum atomic E-state index is 0.550. The zero-order valence-corrected chi connectivity index (χ0v) is 13.7. The molecule has 0 radical (unpaired) electrons. The molecule has 1 aromatic heterocycles. The Balaban J connectivity index is 3.11. The highest BCUT2D eigenvalue weighted by atomic mass is 35.5. The first-order chi connectivity index (χ1) is 9.01. The van der Waals surface area contributed by atoms with E-state index in [1.165, 1.54) is 0 Å². The Morgan fingerprint density at radius 3 is 2.32 bits per heavy atom. The van der Waals surface area contributed by atoms with Gasteiger partial charge in [-0.3, -0.25) is 0 Å². The number of rotatable bonds is 7. The van der Waals surface area contributed by atoms with Crippen LogP contribution in [-0.2, 0) is 5.88 Å². The third kappa shape index (κ3) is 4.68. The summed E-state index contributed by atoms with van der Waals surface area (Å²) >= 11 is 5.98. The number of anilines is 1. The number of aromatic nitrogens is 1. The van der Waals surface area contributed by atoms with E-state index in [0.29, 0.717) is 17.8 Å². The molecule has 1 rings (SSSR count). The van der Waals surface area contributed by atoms with Crippen LogP contribution in [0.1, 0.15) is 51.8 Å². The third-order valence-corrected chi connectivity index (χ3v) is 3.70. The predicted molar refractivity (Wildman–Crippen MR) is 85.1 cm³/mol. The van der Waals surface area contributed by atoms with Crippen molar-refractivity contribution in [2.24, 2.45) is 5.92 Å². The molecule has 0 bridgehead atoms. The first-order valence-corrected chi connectivity index (χ1v) is 7.85. The van der Waals surface area contributed by atoms with Gasteiger partial charge in [-0.2, -0.15) is 0 Å². The summed E-state index contributed by atoms with van der Waals surface area (Å²) in [6, 6.07) is 4.76. The minimum absolute atomic E-state index is 0.550. The van der Waals surface area contributed by atoms with Crippen molar-refractivity contribution in [2.75, 3.05) is 11.4 Å². The van der Waals surface area contributed by atoms with Crippen LogP contribution in [0.4, 0.5) is 5.82 Å². The molecule has 2 nitrogen and oxygen atoms in total. The Hall–Kier alpha value is -0.760. The Kier molecular flexibility index (Phi) is 6.64. The molecule has 0 spiro atoms. The van der Waals surface area contributed by atoms with Crippen LogP contribution in [0.3, 0.4) is 0 Å². The van der Waals surface area contributed by atoms with Crippen molar-refractivity contribution in [3.05, 3.63) is 23.4 Å². The van der Waals surface area contributed by atoms with Gasteiger partial charge in [0.05, 0.1) is 0 Å². The number of hydrogen-bond acceptors (Lipinski definition) is 2. The highest BCUT2D eigenvalue weighted by molar-refractivity contribution is 6.17. The summed E-state index contributed by atoms with van der Waals surface area (Å²) in [5.74, 6) is 2.26. The van der Waals surface area contributed by atoms with Crippen LogP contribution in [0.15, 0.2) is 12.1 Å². The van der Waals surface area contributed by atoms with Gasteiger partial charge in [0.25, 0.3) is 0 Å². The van der Waals surface area contributed by atoms with Crippen molar-refractivity contribution in [1.29, 1.82) is 0 Å². The largest absolute Gasteiger partial charge is 0.353 e. The number of aryl methyl sites for hydroxylation is 1. The van der Waals surface area contributed by atoms with Crippen LogP contribution < -0.4 is 4.90 Å². The summed E-state index contributed by atoms with van der Waals surface area (Å²) in [6.07, 6.45) is 2.30. The van der Waals surface area contributed by atoms with Crippen LogP contribution in [0.25, 0.3) is 0 Å². The van der Waals surface area contributed by atoms with Crippen LogP contribution >= 0.6 is 11.6 Å². The Bertz CT molecular complexity index is 386. The van der Waals surface area contributed by atoms with Crippen LogP contribution in [0, 0.1) is 12.8 Å². The van der Waals surface area contributed by atoms with E-state index < -0.39 is 0 Å². The van der Waals surface area contributed by atoms with Gasteiger partial charge in [0, 0.05) is 24.2 Å². The molecule has 0 amide bonds. The topological polar surface area (TPSA) is 16.1 Å². The smallest absolute Gasteiger partial charge is 0.129 e. The number of halogens is 1. The van der Waals surface area contributed by atoms with Gasteiger partial charge >= 0.3 is 0 Å². The SMILES string of the molecule is CCC(CC)N(CC(C)C)c1cc(CCl)cc(C)n1. The van der Waals surface area contributed by atoms with Crippen LogP contribution in [-0.4, -0.2) is 17.6 Å². The maximum atomic E-state index is 5.98. The fraction of sp³-hybridized carbons (Fsp3) is 0.688. The number of pyridine rings is 1. The van der Waals surface area contributed by atoms with E-state index >= 15 is 0 Å². The van der Waals surface area contributed by atoms with E-state index in [-0.39, 0.29) is 0 Å². The molecule has 1 heterocycles. The highest BCUT2D eigenvalue weighted by Gasteiger charge is 2.18. The Morgan fingerprint density at radius 2 is 1.84 bits per heavy atom. The number of alkyl halides is 1. The molecule has 3 heteroatoms. The van der Waals surface area contributed by atoms with Gasteiger partial charge < -0.3 is 4.90 Å². The molecule has 108 valence electrons. The molecule has 0 unspecified atom stereocenters. The fourth-order valence-electron chi connectivity index (χ4n) is 2.50. The fourth-order valence-corrected chi connectivity index (χ4v) is 2.65. The second kappa shape index (κ2) is 7.74. The molecule has 0 aliphatic carbocycles. The molecule has 19 heavy (non-hydrogen) atoms. The van der Waals surface area contributed by atoms with E-state index in [1.54, 1.807) is 0 Å². The van der Waals surface area contributed by atoms with Gasteiger partial charge in [0.15, 0.2) is 0 Å². The van der Waals surface area contributed by atoms with Crippen molar-refractivity contribution in [3.8, 4) is 0 Å². The second-order valence-electron chi connectivity index (χ2n) is 5.63. The van der Waals surface area contributed by atoms with Gasteiger partial charge in [0.1, 0.15) is 5.82 Å². The van der Waals surface area contributed by atoms with E-state index in [9.17, 15) is 0 Å². The van der Waals surface area contributed by atoms with E-state index in [1.807, 2.05) is 6.92 Å². The van der Waals surface area contributed by atoms with E-state index in [0.717, 1.165) is 36.5 Å². The quantitative estimate of drug-likeness (QED) is 0.669. The van der Waals surface area contributed by atoms with Gasteiger partial charge in [-0.1, -0.05) is 27.7 Å². The lowest BCUT2D eigenvalue weighted by Gasteiger charge is -2.33. The molecule has 0 atom stereocenters. The van der Waals surface area contributed by atoms with Gasteiger partial charge in [0.2, 0.25) is 0 Å². The highest BCUT2D eigenvalue weighted by Crippen LogP contribution is 2.22. The summed E-state index contributed by atoms with van der Waals surface area (Å²) < 4.78 is 0. The molecule has 0 N–H and O–H groups in total. The van der Waals surface area contributed by atoms with Crippen molar-refractivity contribution < 1.29 is 0 Å². The molecule has 0 saturated heterocycles. The molecule has 1 aromatic rings. The summed E-state index contributed by atoms with van der Waals surface area (Å²) in [7, 11) is 0. The third-order valence-electron chi connectivity index (χ3n) is 3.39. The lowest BCUT2D eigenvalue weighted by Crippen LogP contribution is -2.38. The standard InChI is InChI=1S/C16H27ClN2/c1-6-15(7-2)19(11-12(3)4)16-9-14(10-17)8-13(5)18-16/h8-9,12,15H,6-7,10-11H2,1-5H3. The first kappa shape index (κ1) is 16.3. The van der Waals surface area contributed by atoms with Crippen molar-refractivity contribution in [2.45, 2.75) is 59.4 Å². The van der Waals surface area contributed by atoms with Crippen molar-refractivity contribution in [3.63, 3.8) is 0 Å². The van der Waals surface area contributed by atoms with E-state index in [2.05, 4.69) is 44.7 Å². The van der Waals surface area contributed by atoms with Crippen LogP contribution in [0.5, 0.6) is 0 Å². The second-order valence-corrected chi connectivity index (χ2v) is 5.89. The lowest BCUT2D eigenvalue weighted by molar-refractivity contribution is 0.503. The Morgan fingerprint density at radius 1 is 1.21 bits per heavy atom. The molecule has 0 aliphatic heterocycles. The molecule has 0 saturated carbocycles. The minimum Gasteiger partial charge on any atom is -0.353 e. The van der Waals surface area contributed by atoms with Gasteiger partial charge in [-0.05, 0) is 43.4 Å². The number of nitrogens with zero attached hydrogens (tertiary/aromatic N) is 2. The number of hydrogen-bond donors (Lipinski definition) is 0. The van der Waals surface area contributed by atoms with E-state index in [4.69, 9.17) is 16.6 Å². The molecular weight excluding hydrogens is 256 g/mol. The molecule has 0 fully saturated rings. The van der Waals surface area contributed by atoms with Crippen LogP contribution in [0.2, 0.25) is 0 Å². The van der Waals surface area contributed by atoms with Crippen molar-refractivity contribution >= 4 is 17.4 Å². The molecular formula is C16H27ClN2. The summed E-state index contributed by atoms with van der Waals surface area (Å²) in [6.45, 7) is 12.1. The maximum absolute atomic E-state index is 5.98. The normalized spacial score (nSPS) is 11.4. The van der Waals surface area contributed by atoms with Gasteiger partial charge in [-0.25, -0.2) is 4.98 Å². The zero-order valence-electron chi connectivity index (χ0n) is 12.9. The Labute approximate surface area is 123 Å². The monoisotopic (exact) mass is 282 g/mol. The average molecular weight is 283 g/mol. The average Bonchev–Trinajstić information content (AvgIpc) is 2.37. The maximum Gasteiger partial charge on any atom is 0.129 e. The summed E-state index contributed by atoms with van der Waals surface area (Å²) in [4.78, 5) is 7.17. The van der Waals surface area contributed by atoms with Gasteiger partial charge in [-0.15, -0.1) is 11.6 Å².